The Balaban J connectivity index is 1.32. The maximum atomic E-state index is 12.9. The molecule has 0 radical (unpaired) electrons. The Bertz CT molecular complexity index is 1230. The largest absolute Gasteiger partial charge is 0.361 e. The molecule has 7 heteroatoms. The Labute approximate surface area is 167 Å². The van der Waals surface area contributed by atoms with E-state index in [2.05, 4.69) is 15.4 Å². The minimum atomic E-state index is -0.166. The third kappa shape index (κ3) is 3.35. The van der Waals surface area contributed by atoms with Crippen molar-refractivity contribution in [1.29, 1.82) is 0 Å². The number of benzene rings is 2. The van der Waals surface area contributed by atoms with Crippen LogP contribution in [0.5, 0.6) is 0 Å². The molecule has 4 aromatic rings. The number of nitrogens with one attached hydrogen (secondary N) is 2. The molecule has 0 spiro atoms. The van der Waals surface area contributed by atoms with Crippen molar-refractivity contribution in [2.75, 3.05) is 6.54 Å². The van der Waals surface area contributed by atoms with Crippen molar-refractivity contribution in [2.45, 2.75) is 25.3 Å². The van der Waals surface area contributed by atoms with E-state index in [9.17, 15) is 9.59 Å². The summed E-state index contributed by atoms with van der Waals surface area (Å²) in [6, 6.07) is 17.0. The van der Waals surface area contributed by atoms with Crippen molar-refractivity contribution >= 4 is 16.8 Å². The Hall–Kier alpha value is -3.61. The number of nitrogens with zero attached hydrogens (tertiary/aromatic N) is 3. The minimum absolute atomic E-state index is 0.161. The van der Waals surface area contributed by atoms with E-state index < -0.39 is 0 Å². The fourth-order valence-electron chi connectivity index (χ4n) is 3.57. The zero-order valence-electron chi connectivity index (χ0n) is 15.8. The molecule has 0 aliphatic heterocycles. The first kappa shape index (κ1) is 17.5. The molecule has 2 N–H and O–H groups in total. The van der Waals surface area contributed by atoms with Crippen LogP contribution < -0.4 is 11.0 Å². The Morgan fingerprint density at radius 3 is 2.76 bits per heavy atom. The number of fused-ring (bicyclic) bond motifs is 1. The highest BCUT2D eigenvalue weighted by Gasteiger charge is 2.31. The van der Waals surface area contributed by atoms with E-state index in [0.717, 1.165) is 35.3 Å². The molecule has 146 valence electrons. The van der Waals surface area contributed by atoms with E-state index >= 15 is 0 Å². The first-order valence-electron chi connectivity index (χ1n) is 9.81. The summed E-state index contributed by atoms with van der Waals surface area (Å²) in [5, 5.41) is 8.44. The summed E-state index contributed by atoms with van der Waals surface area (Å²) in [7, 11) is 0. The molecule has 1 aliphatic carbocycles. The monoisotopic (exact) mass is 387 g/mol. The summed E-state index contributed by atoms with van der Waals surface area (Å²) in [5.74, 6) is 0.989. The summed E-state index contributed by atoms with van der Waals surface area (Å²) in [6.07, 6.45) is 3.96. The van der Waals surface area contributed by atoms with Crippen LogP contribution in [0.2, 0.25) is 0 Å². The van der Waals surface area contributed by atoms with Gasteiger partial charge < -0.3 is 10.3 Å². The van der Waals surface area contributed by atoms with Gasteiger partial charge >= 0.3 is 5.69 Å². The van der Waals surface area contributed by atoms with Crippen LogP contribution >= 0.6 is 0 Å². The molecule has 0 saturated heterocycles. The van der Waals surface area contributed by atoms with Crippen molar-refractivity contribution < 1.29 is 4.79 Å². The molecule has 2 heterocycles. The number of H-pyrrole nitrogens is 1. The third-order valence-corrected chi connectivity index (χ3v) is 5.25. The highest BCUT2D eigenvalue weighted by Crippen LogP contribution is 2.39. The normalized spacial score (nSPS) is 13.7. The van der Waals surface area contributed by atoms with Crippen LogP contribution in [0.1, 0.15) is 34.9 Å². The SMILES string of the molecule is O=C(NCCn1nc(C2CC2)n(-c2ccccc2)c1=O)c1ccc2[nH]ccc2c1. The highest BCUT2D eigenvalue weighted by atomic mass is 16.2. The van der Waals surface area contributed by atoms with Gasteiger partial charge in [0.1, 0.15) is 5.82 Å². The second kappa shape index (κ2) is 7.09. The smallest absolute Gasteiger partial charge is 0.350 e. The van der Waals surface area contributed by atoms with Crippen LogP contribution in [0.25, 0.3) is 16.6 Å². The lowest BCUT2D eigenvalue weighted by atomic mass is 10.1. The maximum Gasteiger partial charge on any atom is 0.350 e. The van der Waals surface area contributed by atoms with Crippen LogP contribution in [0.15, 0.2) is 65.6 Å². The second-order valence-corrected chi connectivity index (χ2v) is 7.34. The topological polar surface area (TPSA) is 84.7 Å². The number of rotatable bonds is 6. The van der Waals surface area contributed by atoms with Gasteiger partial charge in [0.15, 0.2) is 0 Å². The number of hydrogen-bond acceptors (Lipinski definition) is 3. The van der Waals surface area contributed by atoms with Crippen LogP contribution in [0, 0.1) is 0 Å². The van der Waals surface area contributed by atoms with Gasteiger partial charge in [-0.2, -0.15) is 5.10 Å². The number of aromatic amines is 1. The zero-order valence-corrected chi connectivity index (χ0v) is 15.8. The van der Waals surface area contributed by atoms with Gasteiger partial charge in [-0.05, 0) is 49.2 Å². The quantitative estimate of drug-likeness (QED) is 0.534. The summed E-state index contributed by atoms with van der Waals surface area (Å²) in [6.45, 7) is 0.663. The lowest BCUT2D eigenvalue weighted by Gasteiger charge is -2.05. The number of hydrogen-bond donors (Lipinski definition) is 2. The zero-order chi connectivity index (χ0) is 19.8. The molecule has 2 aromatic carbocycles. The predicted octanol–water partition coefficient (Wildman–Crippen LogP) is 2.82. The molecule has 1 amide bonds. The molecule has 7 nitrogen and oxygen atoms in total. The van der Waals surface area contributed by atoms with Gasteiger partial charge in [0.05, 0.1) is 12.2 Å². The van der Waals surface area contributed by atoms with E-state index in [1.807, 2.05) is 54.7 Å². The summed E-state index contributed by atoms with van der Waals surface area (Å²) >= 11 is 0. The van der Waals surface area contributed by atoms with Crippen molar-refractivity contribution in [3.8, 4) is 5.69 Å². The fourth-order valence-corrected chi connectivity index (χ4v) is 3.57. The van der Waals surface area contributed by atoms with Crippen LogP contribution in [0.4, 0.5) is 0 Å². The molecule has 0 bridgehead atoms. The molecule has 2 aromatic heterocycles. The molecule has 1 aliphatic rings. The number of para-hydroxylation sites is 1. The van der Waals surface area contributed by atoms with Crippen LogP contribution in [0.3, 0.4) is 0 Å². The van der Waals surface area contributed by atoms with Gasteiger partial charge in [-0.1, -0.05) is 18.2 Å². The van der Waals surface area contributed by atoms with Gasteiger partial charge in [-0.25, -0.2) is 14.0 Å². The van der Waals surface area contributed by atoms with E-state index in [1.165, 1.54) is 4.68 Å². The average molecular weight is 387 g/mol. The Kier molecular flexibility index (Phi) is 4.27. The molecule has 1 fully saturated rings. The molecular formula is C22H21N5O2. The number of carbonyl (C=O) groups excluding carboxylic acids is 1. The van der Waals surface area contributed by atoms with Gasteiger partial charge in [-0.3, -0.25) is 4.79 Å². The predicted molar refractivity (Wildman–Crippen MR) is 110 cm³/mol. The maximum absolute atomic E-state index is 12.9. The van der Waals surface area contributed by atoms with Crippen molar-refractivity contribution in [3.05, 3.63) is 82.7 Å². The first-order valence-corrected chi connectivity index (χ1v) is 9.81. The summed E-state index contributed by atoms with van der Waals surface area (Å²) in [4.78, 5) is 28.5. The van der Waals surface area contributed by atoms with Gasteiger partial charge in [0, 0.05) is 35.1 Å². The number of carbonyl (C=O) groups is 1. The van der Waals surface area contributed by atoms with E-state index in [4.69, 9.17) is 0 Å². The molecule has 5 rings (SSSR count). The molecule has 0 unspecified atom stereocenters. The second-order valence-electron chi connectivity index (χ2n) is 7.34. The van der Waals surface area contributed by atoms with Gasteiger partial charge in [0.25, 0.3) is 5.91 Å². The number of amides is 1. The first-order chi connectivity index (χ1) is 14.2. The van der Waals surface area contributed by atoms with Crippen molar-refractivity contribution in [3.63, 3.8) is 0 Å². The Morgan fingerprint density at radius 1 is 1.14 bits per heavy atom. The van der Waals surface area contributed by atoms with E-state index in [1.54, 1.807) is 10.6 Å². The standard InChI is InChI=1S/C22H21N5O2/c28-21(17-8-9-19-16(14-17)10-11-23-19)24-12-13-26-22(29)27(18-4-2-1-3-5-18)20(25-26)15-6-7-15/h1-5,8-11,14-15,23H,6-7,12-13H2,(H,24,28). The van der Waals surface area contributed by atoms with E-state index in [-0.39, 0.29) is 11.6 Å². The third-order valence-electron chi connectivity index (χ3n) is 5.25. The lowest BCUT2D eigenvalue weighted by Crippen LogP contribution is -2.32. The van der Waals surface area contributed by atoms with Gasteiger partial charge in [-0.15, -0.1) is 0 Å². The molecule has 0 atom stereocenters. The fraction of sp³-hybridized carbons (Fsp3) is 0.227. The molecule has 1 saturated carbocycles. The Morgan fingerprint density at radius 2 is 1.97 bits per heavy atom. The lowest BCUT2D eigenvalue weighted by molar-refractivity contribution is 0.0952. The van der Waals surface area contributed by atoms with Crippen molar-refractivity contribution in [1.82, 2.24) is 24.6 Å². The summed E-state index contributed by atoms with van der Waals surface area (Å²) in [5.41, 5.74) is 2.25. The average Bonchev–Trinajstić information content (AvgIpc) is 3.39. The van der Waals surface area contributed by atoms with E-state index in [0.29, 0.717) is 24.6 Å². The van der Waals surface area contributed by atoms with Crippen LogP contribution in [-0.2, 0) is 6.54 Å². The summed E-state index contributed by atoms with van der Waals surface area (Å²) < 4.78 is 3.15. The molecular weight excluding hydrogens is 366 g/mol. The minimum Gasteiger partial charge on any atom is -0.361 e. The van der Waals surface area contributed by atoms with Gasteiger partial charge in [0.2, 0.25) is 0 Å². The molecule has 29 heavy (non-hydrogen) atoms. The highest BCUT2D eigenvalue weighted by molar-refractivity contribution is 5.98. The van der Waals surface area contributed by atoms with Crippen molar-refractivity contribution in [2.24, 2.45) is 0 Å². The van der Waals surface area contributed by atoms with Crippen LogP contribution in [-0.4, -0.2) is 31.8 Å². The number of aromatic nitrogens is 4.